The highest BCUT2D eigenvalue weighted by molar-refractivity contribution is 6.30. The van der Waals surface area contributed by atoms with E-state index in [4.69, 9.17) is 21.1 Å². The number of amides is 2. The van der Waals surface area contributed by atoms with Crippen molar-refractivity contribution in [1.29, 1.82) is 0 Å². The Morgan fingerprint density at radius 2 is 1.69 bits per heavy atom. The van der Waals surface area contributed by atoms with Crippen LogP contribution in [0.4, 0.5) is 8.78 Å². The monoisotopic (exact) mass is 736 g/mol. The summed E-state index contributed by atoms with van der Waals surface area (Å²) >= 11 is 6.15. The van der Waals surface area contributed by atoms with Gasteiger partial charge in [0.2, 0.25) is 11.8 Å². The molecule has 51 heavy (non-hydrogen) atoms. The fraction of sp³-hybridized carbons (Fsp3) is 0.641. The number of benzene rings is 2. The fourth-order valence-electron chi connectivity index (χ4n) is 7.32. The third-order valence-corrected chi connectivity index (χ3v) is 10.6. The van der Waals surface area contributed by atoms with Gasteiger partial charge in [0.15, 0.2) is 11.6 Å². The van der Waals surface area contributed by atoms with Crippen molar-refractivity contribution in [2.75, 3.05) is 53.6 Å². The molecule has 0 radical (unpaired) electrons. The van der Waals surface area contributed by atoms with Gasteiger partial charge in [-0.25, -0.2) is 8.78 Å². The van der Waals surface area contributed by atoms with Crippen LogP contribution in [0.25, 0.3) is 0 Å². The van der Waals surface area contributed by atoms with E-state index in [9.17, 15) is 23.5 Å². The molecule has 2 saturated heterocycles. The molecule has 4 unspecified atom stereocenters. The maximum Gasteiger partial charge on any atom is 0.248 e. The molecule has 0 bridgehead atoms. The SMILES string of the molecule is CCC(=O)N[C@](CCCCOC)(c1cccc(F)c1F)C1CCCNC1.COC(C)C(=O)NCCCC(O)(c1cccc(Cl)c1)C1CCCNC1. The van der Waals surface area contributed by atoms with E-state index >= 15 is 0 Å². The van der Waals surface area contributed by atoms with Crippen LogP contribution in [0.5, 0.6) is 0 Å². The van der Waals surface area contributed by atoms with Gasteiger partial charge in [0.25, 0.3) is 0 Å². The highest BCUT2D eigenvalue weighted by Gasteiger charge is 2.44. The molecule has 2 aromatic rings. The summed E-state index contributed by atoms with van der Waals surface area (Å²) in [5.41, 5.74) is -0.758. The van der Waals surface area contributed by atoms with E-state index in [0.29, 0.717) is 50.4 Å². The number of methoxy groups -OCH3 is 2. The van der Waals surface area contributed by atoms with Gasteiger partial charge in [0.1, 0.15) is 6.10 Å². The van der Waals surface area contributed by atoms with Crippen molar-refractivity contribution < 1.29 is 33.0 Å². The van der Waals surface area contributed by atoms with E-state index in [1.165, 1.54) is 13.2 Å². The number of rotatable bonds is 17. The number of carbonyl (C=O) groups is 2. The molecule has 2 heterocycles. The molecule has 9 nitrogen and oxygen atoms in total. The average molecular weight is 737 g/mol. The molecule has 2 aliphatic rings. The average Bonchev–Trinajstić information content (AvgIpc) is 3.16. The molecule has 0 saturated carbocycles. The molecule has 4 rings (SSSR count). The van der Waals surface area contributed by atoms with Gasteiger partial charge in [-0.15, -0.1) is 0 Å². The number of hydrogen-bond acceptors (Lipinski definition) is 7. The highest BCUT2D eigenvalue weighted by atomic mass is 35.5. The number of carbonyl (C=O) groups excluding carboxylic acids is 2. The Labute approximate surface area is 308 Å². The molecule has 286 valence electrons. The van der Waals surface area contributed by atoms with Gasteiger partial charge in [0.05, 0.1) is 11.1 Å². The number of halogens is 3. The Morgan fingerprint density at radius 3 is 2.29 bits per heavy atom. The standard InChI is InChI=1S/C20H30F2N2O2.C19H29ClN2O3/c1-3-18(25)24-20(11-4-5-13-26-2,15-8-7-12-23-14-15)16-9-6-10-17(21)19(16)22;1-14(25-2)18(23)22-11-5-9-19(24,16-7-4-10-21-13-16)15-6-3-8-17(20)12-15/h6,9-10,15,23H,3-5,7-8,11-14H2,1-2H3,(H,24,25);3,6,8,12,14,16,21,24H,4-5,7,9-11,13H2,1-2H3,(H,22,23)/t15?,20-;/m0./s1. The Morgan fingerprint density at radius 1 is 1.00 bits per heavy atom. The summed E-state index contributed by atoms with van der Waals surface area (Å²) in [5.74, 6) is -1.88. The van der Waals surface area contributed by atoms with Crippen molar-refractivity contribution in [1.82, 2.24) is 21.3 Å². The Balaban J connectivity index is 0.000000276. The third-order valence-electron chi connectivity index (χ3n) is 10.3. The zero-order valence-corrected chi connectivity index (χ0v) is 31.6. The van der Waals surface area contributed by atoms with Crippen molar-refractivity contribution in [3.8, 4) is 0 Å². The van der Waals surface area contributed by atoms with E-state index in [2.05, 4.69) is 21.3 Å². The van der Waals surface area contributed by atoms with Crippen LogP contribution in [0, 0.1) is 23.5 Å². The molecular formula is C39H59ClF2N4O5. The molecule has 0 aromatic heterocycles. The summed E-state index contributed by atoms with van der Waals surface area (Å²) in [6.45, 7) is 7.95. The van der Waals surface area contributed by atoms with E-state index in [1.54, 1.807) is 27.0 Å². The molecule has 0 aliphatic carbocycles. The molecule has 2 fully saturated rings. The zero-order valence-electron chi connectivity index (χ0n) is 30.8. The number of piperidine rings is 2. The second kappa shape index (κ2) is 21.8. The van der Waals surface area contributed by atoms with Crippen molar-refractivity contribution in [3.63, 3.8) is 0 Å². The van der Waals surface area contributed by atoms with Crippen molar-refractivity contribution in [3.05, 3.63) is 70.2 Å². The Bertz CT molecular complexity index is 1360. The number of ether oxygens (including phenoxy) is 2. The van der Waals surface area contributed by atoms with Crippen LogP contribution in [-0.4, -0.2) is 76.6 Å². The van der Waals surface area contributed by atoms with Crippen molar-refractivity contribution >= 4 is 23.4 Å². The summed E-state index contributed by atoms with van der Waals surface area (Å²) in [4.78, 5) is 24.1. The second-order valence-corrected chi connectivity index (χ2v) is 14.2. The topological polar surface area (TPSA) is 121 Å². The van der Waals surface area contributed by atoms with Gasteiger partial charge in [0, 0.05) is 63.4 Å². The predicted octanol–water partition coefficient (Wildman–Crippen LogP) is 5.96. The Hall–Kier alpha value is -2.67. The first-order valence-electron chi connectivity index (χ1n) is 18.5. The van der Waals surface area contributed by atoms with Crippen LogP contribution in [0.15, 0.2) is 42.5 Å². The molecule has 2 aromatic carbocycles. The molecule has 2 aliphatic heterocycles. The summed E-state index contributed by atoms with van der Waals surface area (Å²) in [6, 6.07) is 11.7. The van der Waals surface area contributed by atoms with Crippen LogP contribution in [0.3, 0.4) is 0 Å². The van der Waals surface area contributed by atoms with Crippen LogP contribution in [0.1, 0.15) is 89.2 Å². The van der Waals surface area contributed by atoms with Gasteiger partial charge in [-0.1, -0.05) is 42.8 Å². The fourth-order valence-corrected chi connectivity index (χ4v) is 7.51. The number of aliphatic hydroxyl groups is 1. The Kier molecular flexibility index (Phi) is 18.2. The van der Waals surface area contributed by atoms with Crippen molar-refractivity contribution in [2.45, 2.75) is 95.3 Å². The normalized spacial score (nSPS) is 20.5. The van der Waals surface area contributed by atoms with Gasteiger partial charge < -0.3 is 35.8 Å². The molecule has 0 spiro atoms. The number of nitrogens with one attached hydrogen (secondary N) is 4. The molecular weight excluding hydrogens is 678 g/mol. The predicted molar refractivity (Wildman–Crippen MR) is 197 cm³/mol. The van der Waals surface area contributed by atoms with Gasteiger partial charge >= 0.3 is 0 Å². The lowest BCUT2D eigenvalue weighted by molar-refractivity contribution is -0.130. The first-order valence-corrected chi connectivity index (χ1v) is 18.8. The summed E-state index contributed by atoms with van der Waals surface area (Å²) in [6.07, 6.45) is 7.03. The van der Waals surface area contributed by atoms with E-state index in [0.717, 1.165) is 69.8 Å². The minimum atomic E-state index is -0.948. The first kappa shape index (κ1) is 42.7. The molecule has 5 N–H and O–H groups in total. The minimum absolute atomic E-state index is 0.00518. The molecule has 2 amide bonds. The van der Waals surface area contributed by atoms with Gasteiger partial charge in [-0.05, 0) is 107 Å². The maximum atomic E-state index is 14.8. The zero-order chi connectivity index (χ0) is 37.3. The van der Waals surface area contributed by atoms with E-state index in [-0.39, 0.29) is 29.2 Å². The smallest absolute Gasteiger partial charge is 0.248 e. The minimum Gasteiger partial charge on any atom is -0.385 e. The highest BCUT2D eigenvalue weighted by Crippen LogP contribution is 2.41. The first-order chi connectivity index (χ1) is 24.5. The van der Waals surface area contributed by atoms with E-state index in [1.807, 2.05) is 24.3 Å². The maximum absolute atomic E-state index is 14.8. The lowest BCUT2D eigenvalue weighted by Gasteiger charge is -2.44. The summed E-state index contributed by atoms with van der Waals surface area (Å²) in [5, 5.41) is 24.8. The van der Waals surface area contributed by atoms with Gasteiger partial charge in [-0.3, -0.25) is 9.59 Å². The second-order valence-electron chi connectivity index (χ2n) is 13.7. The van der Waals surface area contributed by atoms with Crippen LogP contribution >= 0.6 is 11.6 Å². The van der Waals surface area contributed by atoms with Crippen LogP contribution < -0.4 is 21.3 Å². The number of unbranched alkanes of at least 4 members (excludes halogenated alkanes) is 1. The summed E-state index contributed by atoms with van der Waals surface area (Å²) < 4.78 is 38.9. The van der Waals surface area contributed by atoms with Gasteiger partial charge in [-0.2, -0.15) is 0 Å². The quantitative estimate of drug-likeness (QED) is 0.127. The van der Waals surface area contributed by atoms with E-state index < -0.39 is 28.9 Å². The lowest BCUT2D eigenvalue weighted by atomic mass is 9.71. The summed E-state index contributed by atoms with van der Waals surface area (Å²) in [7, 11) is 3.15. The third kappa shape index (κ3) is 12.2. The number of hydrogen-bond donors (Lipinski definition) is 5. The van der Waals surface area contributed by atoms with Crippen molar-refractivity contribution in [2.24, 2.45) is 11.8 Å². The lowest BCUT2D eigenvalue weighted by Crippen LogP contribution is -2.55. The molecule has 5 atom stereocenters. The van der Waals surface area contributed by atoms with Crippen LogP contribution in [-0.2, 0) is 30.2 Å². The van der Waals surface area contributed by atoms with Crippen LogP contribution in [0.2, 0.25) is 5.02 Å². The molecule has 12 heteroatoms. The largest absolute Gasteiger partial charge is 0.385 e.